The number of amides is 2. The number of carbonyl (C=O) groups is 1. The van der Waals surface area contributed by atoms with Crippen LogP contribution < -0.4 is 20.9 Å². The Balaban J connectivity index is 1.70. The minimum absolute atomic E-state index is 0.0961. The molecule has 0 aliphatic carbocycles. The van der Waals surface area contributed by atoms with E-state index in [0.717, 1.165) is 49.1 Å². The second-order valence-electron chi connectivity index (χ2n) is 7.42. The number of hydrogen-bond donors (Lipinski definition) is 4. The van der Waals surface area contributed by atoms with Crippen LogP contribution in [0.15, 0.2) is 47.6 Å². The molecule has 9 nitrogen and oxygen atoms in total. The fourth-order valence-corrected chi connectivity index (χ4v) is 3.69. The number of urea groups is 1. The minimum atomic E-state index is -0.241. The van der Waals surface area contributed by atoms with Gasteiger partial charge in [0, 0.05) is 48.9 Å². The molecule has 9 heteroatoms. The molecular formula is C24H27N7O2. The first-order valence-corrected chi connectivity index (χ1v) is 10.7. The van der Waals surface area contributed by atoms with Crippen molar-refractivity contribution in [3.8, 4) is 18.4 Å². The number of allylic oxidation sites excluding steroid dienone is 3. The molecule has 1 aromatic heterocycles. The number of dihydropyridines is 1. The smallest absolute Gasteiger partial charge is 0.315 e. The van der Waals surface area contributed by atoms with Gasteiger partial charge in [-0.3, -0.25) is 0 Å². The summed E-state index contributed by atoms with van der Waals surface area (Å²) < 4.78 is 5.59. The Morgan fingerprint density at radius 3 is 2.85 bits per heavy atom. The van der Waals surface area contributed by atoms with Crippen LogP contribution in [0, 0.1) is 29.1 Å². The Morgan fingerprint density at radius 2 is 2.24 bits per heavy atom. The molecule has 1 aromatic rings. The van der Waals surface area contributed by atoms with Crippen molar-refractivity contribution < 1.29 is 9.53 Å². The monoisotopic (exact) mass is 445 g/mol. The number of nitriles is 1. The maximum atomic E-state index is 11.8. The van der Waals surface area contributed by atoms with Gasteiger partial charge in [-0.2, -0.15) is 5.26 Å². The van der Waals surface area contributed by atoms with E-state index in [1.54, 1.807) is 12.4 Å². The van der Waals surface area contributed by atoms with Gasteiger partial charge in [-0.25, -0.2) is 9.78 Å². The van der Waals surface area contributed by atoms with Crippen molar-refractivity contribution in [2.75, 3.05) is 31.1 Å². The van der Waals surface area contributed by atoms with Crippen molar-refractivity contribution in [3.63, 3.8) is 0 Å². The van der Waals surface area contributed by atoms with Crippen LogP contribution in [0.3, 0.4) is 0 Å². The maximum Gasteiger partial charge on any atom is 0.315 e. The fourth-order valence-electron chi connectivity index (χ4n) is 3.69. The third-order valence-electron chi connectivity index (χ3n) is 5.32. The van der Waals surface area contributed by atoms with Crippen LogP contribution in [0.2, 0.25) is 0 Å². The molecule has 3 rings (SSSR count). The molecule has 1 fully saturated rings. The van der Waals surface area contributed by atoms with Gasteiger partial charge in [0.2, 0.25) is 0 Å². The first kappa shape index (κ1) is 23.4. The molecule has 0 bridgehead atoms. The number of nitrogens with one attached hydrogen (secondary N) is 4. The molecule has 2 aliphatic rings. The third-order valence-corrected chi connectivity index (χ3v) is 5.32. The van der Waals surface area contributed by atoms with Gasteiger partial charge in [-0.1, -0.05) is 5.92 Å². The third kappa shape index (κ3) is 5.92. The average Bonchev–Trinajstić information content (AvgIpc) is 2.85. The summed E-state index contributed by atoms with van der Waals surface area (Å²) in [4.78, 5) is 18.6. The lowest BCUT2D eigenvalue weighted by molar-refractivity contribution is 0.235. The summed E-state index contributed by atoms with van der Waals surface area (Å²) in [6.07, 6.45) is 13.1. The second kappa shape index (κ2) is 11.4. The molecule has 170 valence electrons. The molecule has 0 unspecified atom stereocenters. The number of hydrogen-bond acceptors (Lipinski definition) is 7. The van der Waals surface area contributed by atoms with Gasteiger partial charge >= 0.3 is 6.03 Å². The quantitative estimate of drug-likeness (QED) is 0.290. The molecule has 0 aromatic carbocycles. The van der Waals surface area contributed by atoms with Gasteiger partial charge in [0.1, 0.15) is 17.6 Å². The highest BCUT2D eigenvalue weighted by molar-refractivity contribution is 5.92. The number of rotatable bonds is 7. The van der Waals surface area contributed by atoms with Crippen molar-refractivity contribution in [1.82, 2.24) is 20.9 Å². The van der Waals surface area contributed by atoms with E-state index in [0.29, 0.717) is 18.1 Å². The van der Waals surface area contributed by atoms with Crippen molar-refractivity contribution in [1.29, 1.82) is 10.7 Å². The molecule has 0 radical (unpaired) electrons. The van der Waals surface area contributed by atoms with Crippen molar-refractivity contribution in [3.05, 3.63) is 53.2 Å². The van der Waals surface area contributed by atoms with Gasteiger partial charge in [0.25, 0.3) is 0 Å². The number of anilines is 1. The first-order chi connectivity index (χ1) is 16.1. The van der Waals surface area contributed by atoms with E-state index in [1.807, 2.05) is 25.1 Å². The van der Waals surface area contributed by atoms with E-state index in [4.69, 9.17) is 16.6 Å². The molecule has 4 N–H and O–H groups in total. The Hall–Kier alpha value is -4.24. The van der Waals surface area contributed by atoms with Crippen molar-refractivity contribution in [2.45, 2.75) is 25.8 Å². The van der Waals surface area contributed by atoms with Crippen LogP contribution in [-0.4, -0.2) is 49.5 Å². The summed E-state index contributed by atoms with van der Waals surface area (Å²) in [5.41, 5.74) is 2.31. The minimum Gasteiger partial charge on any atom is -0.492 e. The SMILES string of the molecule is C#CCNC(=O)NC1CCN(c2ccc(C3=CC(OCC)=CN/C3=C(/C#N)C=N)cn2)CC1. The van der Waals surface area contributed by atoms with Crippen LogP contribution in [0.5, 0.6) is 0 Å². The predicted octanol–water partition coefficient (Wildman–Crippen LogP) is 2.27. The molecule has 2 amide bonds. The fraction of sp³-hybridized carbons (Fsp3) is 0.333. The zero-order chi connectivity index (χ0) is 23.6. The first-order valence-electron chi connectivity index (χ1n) is 10.7. The molecule has 1 saturated heterocycles. The topological polar surface area (TPSA) is 126 Å². The number of carbonyl (C=O) groups excluding carboxylic acids is 1. The van der Waals surface area contributed by atoms with Crippen LogP contribution in [0.1, 0.15) is 25.3 Å². The summed E-state index contributed by atoms with van der Waals surface area (Å²) >= 11 is 0. The normalized spacial score (nSPS) is 17.4. The largest absolute Gasteiger partial charge is 0.492 e. The molecule has 0 saturated carbocycles. The Kier molecular flexibility index (Phi) is 8.09. The lowest BCUT2D eigenvalue weighted by Crippen LogP contribution is -2.48. The Labute approximate surface area is 193 Å². The van der Waals surface area contributed by atoms with Crippen molar-refractivity contribution in [2.24, 2.45) is 0 Å². The van der Waals surface area contributed by atoms with E-state index >= 15 is 0 Å². The Bertz CT molecular complexity index is 1050. The summed E-state index contributed by atoms with van der Waals surface area (Å²) in [6.45, 7) is 4.16. The predicted molar refractivity (Wildman–Crippen MR) is 127 cm³/mol. The van der Waals surface area contributed by atoms with E-state index in [-0.39, 0.29) is 24.2 Å². The maximum absolute atomic E-state index is 11.8. The second-order valence-corrected chi connectivity index (χ2v) is 7.42. The molecule has 0 atom stereocenters. The summed E-state index contributed by atoms with van der Waals surface area (Å²) in [5.74, 6) is 3.87. The summed E-state index contributed by atoms with van der Waals surface area (Å²) in [7, 11) is 0. The molecule has 0 spiro atoms. The van der Waals surface area contributed by atoms with Crippen LogP contribution >= 0.6 is 0 Å². The average molecular weight is 446 g/mol. The van der Waals surface area contributed by atoms with E-state index in [1.165, 1.54) is 0 Å². The van der Waals surface area contributed by atoms with Gasteiger partial charge in [-0.05, 0) is 38.0 Å². The highest BCUT2D eigenvalue weighted by Gasteiger charge is 2.22. The summed E-state index contributed by atoms with van der Waals surface area (Å²) in [5, 5.41) is 25.6. The molecule has 2 aliphatic heterocycles. The molecule has 3 heterocycles. The van der Waals surface area contributed by atoms with E-state index in [9.17, 15) is 10.1 Å². The van der Waals surface area contributed by atoms with Gasteiger partial charge in [-0.15, -0.1) is 6.42 Å². The van der Waals surface area contributed by atoms with Crippen molar-refractivity contribution >= 4 is 23.6 Å². The lowest BCUT2D eigenvalue weighted by Gasteiger charge is -2.33. The standard InChI is InChI=1S/C24H27N7O2/c1-3-9-27-24(32)30-19-7-10-31(11-8-19)22-6-5-17(15-28-22)21-12-20(33-4-2)16-29-23(21)18(13-25)14-26/h1,5-6,12-13,15-16,19,25,29H,4,7-11H2,2H3,(H2,27,30,32)/b23-18+,25-13?. The highest BCUT2D eigenvalue weighted by atomic mass is 16.5. The van der Waals surface area contributed by atoms with Gasteiger partial charge < -0.3 is 31.0 Å². The van der Waals surface area contributed by atoms with Crippen LogP contribution in [0.4, 0.5) is 10.6 Å². The number of terminal acetylenes is 1. The lowest BCUT2D eigenvalue weighted by atomic mass is 9.98. The highest BCUT2D eigenvalue weighted by Crippen LogP contribution is 2.29. The zero-order valence-electron chi connectivity index (χ0n) is 18.5. The number of ether oxygens (including phenoxy) is 1. The number of aromatic nitrogens is 1. The molecule has 33 heavy (non-hydrogen) atoms. The number of piperidine rings is 1. The van der Waals surface area contributed by atoms with E-state index in [2.05, 4.69) is 37.8 Å². The van der Waals surface area contributed by atoms with Crippen LogP contribution in [0.25, 0.3) is 5.57 Å². The van der Waals surface area contributed by atoms with Gasteiger partial charge in [0.05, 0.1) is 24.4 Å². The summed E-state index contributed by atoms with van der Waals surface area (Å²) in [6, 6.07) is 5.79. The zero-order valence-corrected chi connectivity index (χ0v) is 18.5. The van der Waals surface area contributed by atoms with Crippen LogP contribution in [-0.2, 0) is 4.74 Å². The number of nitrogens with zero attached hydrogens (tertiary/aromatic N) is 3. The number of pyridine rings is 1. The van der Waals surface area contributed by atoms with Gasteiger partial charge in [0.15, 0.2) is 0 Å². The Morgan fingerprint density at radius 1 is 1.45 bits per heavy atom. The molecular weight excluding hydrogens is 418 g/mol. The van der Waals surface area contributed by atoms with E-state index < -0.39 is 0 Å².